The van der Waals surface area contributed by atoms with Crippen molar-refractivity contribution >= 4 is 57.1 Å². The predicted octanol–water partition coefficient (Wildman–Crippen LogP) is 8.45. The van der Waals surface area contributed by atoms with E-state index in [0.717, 1.165) is 46.9 Å². The van der Waals surface area contributed by atoms with E-state index in [2.05, 4.69) is 6.92 Å². The number of hydrogen-bond acceptors (Lipinski definition) is 7. The van der Waals surface area contributed by atoms with Gasteiger partial charge in [0.15, 0.2) is 33.1 Å². The molecule has 0 saturated heterocycles. The molecule has 304 valence electrons. The maximum absolute atomic E-state index is 14.0. The van der Waals surface area contributed by atoms with Crippen LogP contribution >= 0.6 is 10.7 Å². The summed E-state index contributed by atoms with van der Waals surface area (Å²) < 4.78 is 104. The van der Waals surface area contributed by atoms with Crippen molar-refractivity contribution in [3.63, 3.8) is 0 Å². The van der Waals surface area contributed by atoms with E-state index in [1.165, 1.54) is 44.2 Å². The molecule has 0 saturated carbocycles. The Labute approximate surface area is 332 Å². The van der Waals surface area contributed by atoms with Gasteiger partial charge in [0, 0.05) is 58.1 Å². The molecule has 0 aliphatic heterocycles. The Hall–Kier alpha value is -4.99. The SMILES string of the molecule is CCCn1c(=O)ccc2cc(CS(=O)(=O)Cc3ccc(C)c(F)c3F)ccc21.CCCn1c(=O)ccc2cc(N)ccc21.Cc1ccc(CS(=O)(=O)Cl)c(F)c1F. The zero-order valence-corrected chi connectivity index (χ0v) is 34.0. The van der Waals surface area contributed by atoms with E-state index in [-0.39, 0.29) is 39.1 Å². The molecule has 9 nitrogen and oxygen atoms in total. The second-order valence-corrected chi connectivity index (χ2v) is 18.3. The number of nitrogens with two attached hydrogens (primary N) is 1. The molecule has 0 atom stereocenters. The number of aromatic nitrogens is 2. The number of rotatable bonds is 10. The number of benzene rings is 4. The molecular weight excluding hydrogens is 806 g/mol. The summed E-state index contributed by atoms with van der Waals surface area (Å²) in [6.45, 7) is 8.16. The number of halogens is 5. The number of sulfone groups is 1. The maximum Gasteiger partial charge on any atom is 0.251 e. The van der Waals surface area contributed by atoms with Crippen LogP contribution in [0.5, 0.6) is 0 Å². The largest absolute Gasteiger partial charge is 0.399 e. The smallest absolute Gasteiger partial charge is 0.251 e. The zero-order chi connectivity index (χ0) is 42.2. The average molecular weight is 848 g/mol. The second-order valence-electron chi connectivity index (χ2n) is 13.4. The number of nitrogen functional groups attached to an aromatic ring is 1. The Kier molecular flexibility index (Phi) is 14.9. The molecule has 0 amide bonds. The van der Waals surface area contributed by atoms with Crippen LogP contribution in [-0.4, -0.2) is 26.0 Å². The highest BCUT2D eigenvalue weighted by molar-refractivity contribution is 8.13. The van der Waals surface area contributed by atoms with Crippen LogP contribution in [0.1, 0.15) is 54.5 Å². The van der Waals surface area contributed by atoms with E-state index in [9.17, 15) is 44.0 Å². The van der Waals surface area contributed by atoms with Crippen LogP contribution in [0, 0.1) is 37.1 Å². The van der Waals surface area contributed by atoms with Gasteiger partial charge in [0.05, 0.1) is 28.3 Å². The molecular formula is C41H42ClF4N3O6S2. The lowest BCUT2D eigenvalue weighted by Gasteiger charge is -2.11. The maximum atomic E-state index is 14.0. The van der Waals surface area contributed by atoms with Crippen LogP contribution in [0.25, 0.3) is 21.8 Å². The molecule has 0 aliphatic carbocycles. The Morgan fingerprint density at radius 2 is 1.04 bits per heavy atom. The number of hydrogen-bond donors (Lipinski definition) is 1. The van der Waals surface area contributed by atoms with Crippen molar-refractivity contribution in [1.29, 1.82) is 0 Å². The molecule has 2 heterocycles. The highest BCUT2D eigenvalue weighted by Gasteiger charge is 2.20. The molecule has 0 fully saturated rings. The number of anilines is 1. The van der Waals surface area contributed by atoms with Crippen LogP contribution in [0.4, 0.5) is 23.2 Å². The summed E-state index contributed by atoms with van der Waals surface area (Å²) in [7, 11) is -2.66. The lowest BCUT2D eigenvalue weighted by Crippen LogP contribution is -2.19. The van der Waals surface area contributed by atoms with Gasteiger partial charge in [-0.25, -0.2) is 34.4 Å². The first-order valence-electron chi connectivity index (χ1n) is 17.8. The second kappa shape index (κ2) is 19.0. The molecule has 16 heteroatoms. The Bertz CT molecular complexity index is 2780. The molecule has 0 radical (unpaired) electrons. The standard InChI is InChI=1S/C21H21F2NO3S.C12H14N2O.C8H7ClF2O2S/c1-3-10-24-18-8-5-15(11-16(18)7-9-19(24)25)12-28(26,27)13-17-6-4-14(2)20(22)21(17)23;1-2-7-14-11-5-4-10(13)8-9(11)3-6-12(14)15;1-5-2-3-6(4-14(9,12)13)8(11)7(5)10/h4-9,11H,3,10,12-13H2,1-2H3;3-6,8H,2,7,13H2,1H3;2-3H,4H2,1H3. The third-order valence-corrected chi connectivity index (χ3v) is 11.3. The van der Waals surface area contributed by atoms with Crippen molar-refractivity contribution in [1.82, 2.24) is 9.13 Å². The molecule has 6 aromatic rings. The van der Waals surface area contributed by atoms with E-state index in [1.54, 1.807) is 39.5 Å². The van der Waals surface area contributed by atoms with Gasteiger partial charge in [-0.3, -0.25) is 9.59 Å². The lowest BCUT2D eigenvalue weighted by atomic mass is 10.1. The fourth-order valence-corrected chi connectivity index (χ4v) is 8.43. The number of nitrogens with zero attached hydrogens (tertiary/aromatic N) is 2. The quantitative estimate of drug-likeness (QED) is 0.0830. The van der Waals surface area contributed by atoms with Crippen molar-refractivity contribution < 1.29 is 34.4 Å². The Morgan fingerprint density at radius 3 is 1.51 bits per heavy atom. The molecule has 0 bridgehead atoms. The topological polar surface area (TPSA) is 138 Å². The zero-order valence-electron chi connectivity index (χ0n) is 31.7. The third-order valence-electron chi connectivity index (χ3n) is 8.76. The summed E-state index contributed by atoms with van der Waals surface area (Å²) in [5.41, 5.74) is 8.41. The number of fused-ring (bicyclic) bond motifs is 2. The molecule has 0 spiro atoms. The fraction of sp³-hybridized carbons (Fsp3) is 0.268. The van der Waals surface area contributed by atoms with Crippen molar-refractivity contribution in [3.8, 4) is 0 Å². The molecule has 0 unspecified atom stereocenters. The van der Waals surface area contributed by atoms with Gasteiger partial charge in [0.2, 0.25) is 9.05 Å². The molecule has 57 heavy (non-hydrogen) atoms. The molecule has 2 aromatic heterocycles. The monoisotopic (exact) mass is 847 g/mol. The van der Waals surface area contributed by atoms with E-state index < -0.39 is 53.7 Å². The highest BCUT2D eigenvalue weighted by Crippen LogP contribution is 2.23. The van der Waals surface area contributed by atoms with Crippen molar-refractivity contribution in [3.05, 3.63) is 157 Å². The molecule has 4 aromatic carbocycles. The first-order valence-corrected chi connectivity index (χ1v) is 22.1. The summed E-state index contributed by atoms with van der Waals surface area (Å²) in [5, 5.41) is 1.77. The minimum Gasteiger partial charge on any atom is -0.399 e. The normalized spacial score (nSPS) is 11.5. The van der Waals surface area contributed by atoms with Crippen LogP contribution in [0.15, 0.2) is 94.5 Å². The van der Waals surface area contributed by atoms with Gasteiger partial charge in [-0.05, 0) is 91.2 Å². The highest BCUT2D eigenvalue weighted by atomic mass is 35.7. The van der Waals surface area contributed by atoms with Crippen LogP contribution < -0.4 is 16.9 Å². The molecule has 2 N–H and O–H groups in total. The van der Waals surface area contributed by atoms with Gasteiger partial charge >= 0.3 is 0 Å². The van der Waals surface area contributed by atoms with Crippen molar-refractivity contribution in [2.24, 2.45) is 0 Å². The summed E-state index contributed by atoms with van der Waals surface area (Å²) in [5.74, 6) is -5.93. The number of aryl methyl sites for hydroxylation is 4. The summed E-state index contributed by atoms with van der Waals surface area (Å²) >= 11 is 0. The van der Waals surface area contributed by atoms with Gasteiger partial charge in [0.1, 0.15) is 0 Å². The summed E-state index contributed by atoms with van der Waals surface area (Å²) in [6, 6.07) is 22.4. The van der Waals surface area contributed by atoms with E-state index in [4.69, 9.17) is 16.4 Å². The van der Waals surface area contributed by atoms with Crippen molar-refractivity contribution in [2.75, 3.05) is 5.73 Å². The first kappa shape index (κ1) is 44.7. The third kappa shape index (κ3) is 11.8. The Balaban J connectivity index is 0.000000209. The van der Waals surface area contributed by atoms with E-state index in [1.807, 2.05) is 31.2 Å². The average Bonchev–Trinajstić information content (AvgIpc) is 3.14. The molecule has 6 rings (SSSR count). The van der Waals surface area contributed by atoms with E-state index >= 15 is 0 Å². The van der Waals surface area contributed by atoms with E-state index in [0.29, 0.717) is 12.1 Å². The first-order chi connectivity index (χ1) is 26.7. The Morgan fingerprint density at radius 1 is 0.579 bits per heavy atom. The fourth-order valence-electron chi connectivity index (χ4n) is 6.00. The van der Waals surface area contributed by atoms with Gasteiger partial charge < -0.3 is 14.9 Å². The van der Waals surface area contributed by atoms with Crippen molar-refractivity contribution in [2.45, 2.75) is 70.9 Å². The van der Waals surface area contributed by atoms with Crippen LogP contribution in [-0.2, 0) is 49.2 Å². The van der Waals surface area contributed by atoms with Gasteiger partial charge in [-0.15, -0.1) is 0 Å². The van der Waals surface area contributed by atoms with Gasteiger partial charge in [-0.1, -0.05) is 44.2 Å². The van der Waals surface area contributed by atoms with Crippen LogP contribution in [0.2, 0.25) is 0 Å². The molecule has 0 aliphatic rings. The summed E-state index contributed by atoms with van der Waals surface area (Å²) in [4.78, 5) is 23.7. The number of pyridine rings is 2. The van der Waals surface area contributed by atoms with Gasteiger partial charge in [-0.2, -0.15) is 0 Å². The summed E-state index contributed by atoms with van der Waals surface area (Å²) in [6.07, 6.45) is 1.75. The minimum absolute atomic E-state index is 0.0501. The van der Waals surface area contributed by atoms with Gasteiger partial charge in [0.25, 0.3) is 11.1 Å². The minimum atomic E-state index is -3.86. The predicted molar refractivity (Wildman–Crippen MR) is 218 cm³/mol. The lowest BCUT2D eigenvalue weighted by molar-refractivity contribution is 0.495. The van der Waals surface area contributed by atoms with Crippen LogP contribution in [0.3, 0.4) is 0 Å².